The lowest BCUT2D eigenvalue weighted by Crippen LogP contribution is -2.50. The van der Waals surface area contributed by atoms with Crippen LogP contribution < -0.4 is 15.2 Å². The summed E-state index contributed by atoms with van der Waals surface area (Å²) in [5.41, 5.74) is 1.88. The number of hydrogen-bond donors (Lipinski definition) is 0. The Kier molecular flexibility index (Phi) is 5.72. The van der Waals surface area contributed by atoms with Crippen LogP contribution >= 0.6 is 11.3 Å². The molecule has 0 N–H and O–H groups in total. The summed E-state index contributed by atoms with van der Waals surface area (Å²) in [6.07, 6.45) is 0.771. The molecule has 3 aromatic rings. The van der Waals surface area contributed by atoms with Crippen molar-refractivity contribution < 1.29 is 9.53 Å². The van der Waals surface area contributed by atoms with Crippen molar-refractivity contribution in [1.29, 1.82) is 0 Å². The highest BCUT2D eigenvalue weighted by molar-refractivity contribution is 7.18. The van der Waals surface area contributed by atoms with Crippen LogP contribution in [-0.4, -0.2) is 58.9 Å². The maximum Gasteiger partial charge on any atom is 0.294 e. The van der Waals surface area contributed by atoms with Crippen LogP contribution in [0.3, 0.4) is 0 Å². The fourth-order valence-electron chi connectivity index (χ4n) is 3.72. The van der Waals surface area contributed by atoms with E-state index in [4.69, 9.17) is 4.74 Å². The Balaban J connectivity index is 1.47. The topological polar surface area (TPSA) is 80.6 Å². The number of ether oxygens (including phenoxy) is 1. The number of carbonyl (C=O) groups is 1. The smallest absolute Gasteiger partial charge is 0.294 e. The number of fused-ring (bicyclic) bond motifs is 1. The number of amides is 1. The lowest BCUT2D eigenvalue weighted by Gasteiger charge is -2.36. The predicted molar refractivity (Wildman–Crippen MR) is 118 cm³/mol. The molecule has 1 aliphatic heterocycles. The monoisotopic (exact) mass is 427 g/mol. The summed E-state index contributed by atoms with van der Waals surface area (Å²) < 4.78 is 7.51. The summed E-state index contributed by atoms with van der Waals surface area (Å²) in [6.45, 7) is 6.38. The number of benzene rings is 1. The number of para-hydroxylation sites is 2. The summed E-state index contributed by atoms with van der Waals surface area (Å²) in [5.74, 6) is 0.723. The van der Waals surface area contributed by atoms with E-state index in [1.165, 1.54) is 16.0 Å². The van der Waals surface area contributed by atoms with Crippen LogP contribution in [0.1, 0.15) is 17.6 Å². The fraction of sp³-hybridized carbons (Fsp3) is 0.429. The molecule has 8 nitrogen and oxygen atoms in total. The van der Waals surface area contributed by atoms with Crippen LogP contribution in [0, 0.1) is 6.92 Å². The van der Waals surface area contributed by atoms with Crippen LogP contribution in [-0.2, 0) is 17.8 Å². The lowest BCUT2D eigenvalue weighted by molar-refractivity contribution is -0.132. The second kappa shape index (κ2) is 8.43. The summed E-state index contributed by atoms with van der Waals surface area (Å²) in [4.78, 5) is 34.1. The minimum atomic E-state index is -0.299. The van der Waals surface area contributed by atoms with Gasteiger partial charge in [-0.15, -0.1) is 11.3 Å². The molecule has 1 aliphatic rings. The van der Waals surface area contributed by atoms with E-state index in [2.05, 4.69) is 15.0 Å². The Morgan fingerprint density at radius 3 is 2.63 bits per heavy atom. The highest BCUT2D eigenvalue weighted by atomic mass is 32.1. The highest BCUT2D eigenvalue weighted by Gasteiger charge is 2.24. The summed E-state index contributed by atoms with van der Waals surface area (Å²) in [5, 5.41) is 5.27. The van der Waals surface area contributed by atoms with Gasteiger partial charge in [0, 0.05) is 26.2 Å². The van der Waals surface area contributed by atoms with E-state index in [1.807, 2.05) is 38.1 Å². The SMILES string of the molecule is CCc1nc2c(=O)n(CC(=O)N3CCN(c4ccccc4OC)CC3)nc(C)c2s1. The quantitative estimate of drug-likeness (QED) is 0.620. The summed E-state index contributed by atoms with van der Waals surface area (Å²) >= 11 is 1.50. The molecule has 0 aliphatic carbocycles. The summed E-state index contributed by atoms with van der Waals surface area (Å²) in [7, 11) is 1.66. The molecule has 0 radical (unpaired) electrons. The van der Waals surface area contributed by atoms with Crippen LogP contribution in [0.4, 0.5) is 5.69 Å². The zero-order valence-electron chi connectivity index (χ0n) is 17.4. The van der Waals surface area contributed by atoms with Crippen LogP contribution in [0.5, 0.6) is 5.75 Å². The van der Waals surface area contributed by atoms with E-state index in [9.17, 15) is 9.59 Å². The van der Waals surface area contributed by atoms with Gasteiger partial charge in [-0.3, -0.25) is 9.59 Å². The number of anilines is 1. The normalized spacial score (nSPS) is 14.4. The first-order valence-corrected chi connectivity index (χ1v) is 10.9. The van der Waals surface area contributed by atoms with E-state index < -0.39 is 0 Å². The number of piperazine rings is 1. The number of thiazole rings is 1. The molecule has 3 heterocycles. The van der Waals surface area contributed by atoms with Gasteiger partial charge in [0.05, 0.1) is 28.2 Å². The van der Waals surface area contributed by atoms with Gasteiger partial charge in [0.1, 0.15) is 12.3 Å². The molecule has 9 heteroatoms. The number of hydrogen-bond acceptors (Lipinski definition) is 7. The number of methoxy groups -OCH3 is 1. The van der Waals surface area contributed by atoms with Crippen molar-refractivity contribution in [2.45, 2.75) is 26.8 Å². The van der Waals surface area contributed by atoms with E-state index in [0.717, 1.165) is 33.3 Å². The van der Waals surface area contributed by atoms with Gasteiger partial charge in [0.15, 0.2) is 5.52 Å². The van der Waals surface area contributed by atoms with Crippen molar-refractivity contribution in [2.24, 2.45) is 0 Å². The molecule has 1 saturated heterocycles. The van der Waals surface area contributed by atoms with E-state index in [-0.39, 0.29) is 18.0 Å². The first kappa shape index (κ1) is 20.3. The van der Waals surface area contributed by atoms with E-state index >= 15 is 0 Å². The van der Waals surface area contributed by atoms with E-state index in [1.54, 1.807) is 12.0 Å². The first-order valence-electron chi connectivity index (χ1n) is 10.0. The minimum Gasteiger partial charge on any atom is -0.495 e. The molecule has 0 unspecified atom stereocenters. The molecule has 0 bridgehead atoms. The fourth-order valence-corrected chi connectivity index (χ4v) is 4.66. The molecule has 1 aromatic carbocycles. The molecular formula is C21H25N5O3S. The van der Waals surface area contributed by atoms with Gasteiger partial charge in [0.2, 0.25) is 5.91 Å². The number of nitrogens with zero attached hydrogens (tertiary/aromatic N) is 5. The van der Waals surface area contributed by atoms with Crippen LogP contribution in [0.15, 0.2) is 29.1 Å². The number of rotatable bonds is 5. The predicted octanol–water partition coefficient (Wildman–Crippen LogP) is 2.08. The average Bonchev–Trinajstić information content (AvgIpc) is 3.23. The largest absolute Gasteiger partial charge is 0.495 e. The average molecular weight is 428 g/mol. The molecule has 1 fully saturated rings. The molecule has 0 saturated carbocycles. The van der Waals surface area contributed by atoms with Gasteiger partial charge < -0.3 is 14.5 Å². The molecular weight excluding hydrogens is 402 g/mol. The second-order valence-electron chi connectivity index (χ2n) is 7.23. The molecule has 2 aromatic heterocycles. The number of aromatic nitrogens is 3. The molecule has 1 amide bonds. The molecule has 158 valence electrons. The Labute approximate surface area is 178 Å². The number of aryl methyl sites for hydroxylation is 2. The highest BCUT2D eigenvalue weighted by Crippen LogP contribution is 2.28. The number of carbonyl (C=O) groups excluding carboxylic acids is 1. The second-order valence-corrected chi connectivity index (χ2v) is 8.31. The molecule has 0 atom stereocenters. The molecule has 4 rings (SSSR count). The first-order chi connectivity index (χ1) is 14.5. The van der Waals surface area contributed by atoms with Crippen molar-refractivity contribution >= 4 is 33.1 Å². The van der Waals surface area contributed by atoms with Gasteiger partial charge in [-0.05, 0) is 25.5 Å². The maximum atomic E-state index is 12.9. The lowest BCUT2D eigenvalue weighted by atomic mass is 10.2. The molecule has 30 heavy (non-hydrogen) atoms. The van der Waals surface area contributed by atoms with Crippen molar-refractivity contribution in [2.75, 3.05) is 38.2 Å². The van der Waals surface area contributed by atoms with Crippen molar-refractivity contribution in [3.05, 3.63) is 45.3 Å². The van der Waals surface area contributed by atoms with Crippen molar-refractivity contribution in [3.8, 4) is 5.75 Å². The van der Waals surface area contributed by atoms with Gasteiger partial charge in [0.25, 0.3) is 5.56 Å². The van der Waals surface area contributed by atoms with Gasteiger partial charge in [-0.2, -0.15) is 5.10 Å². The van der Waals surface area contributed by atoms with Crippen molar-refractivity contribution in [3.63, 3.8) is 0 Å². The Hall–Kier alpha value is -2.94. The maximum absolute atomic E-state index is 12.9. The zero-order chi connectivity index (χ0) is 21.3. The van der Waals surface area contributed by atoms with Gasteiger partial charge in [-0.25, -0.2) is 9.67 Å². The minimum absolute atomic E-state index is 0.0662. The third kappa shape index (κ3) is 3.77. The third-order valence-corrected chi connectivity index (χ3v) is 6.66. The summed E-state index contributed by atoms with van der Waals surface area (Å²) in [6, 6.07) is 7.88. The van der Waals surface area contributed by atoms with Crippen LogP contribution in [0.2, 0.25) is 0 Å². The van der Waals surface area contributed by atoms with Gasteiger partial charge >= 0.3 is 0 Å². The van der Waals surface area contributed by atoms with Crippen LogP contribution in [0.25, 0.3) is 10.2 Å². The Morgan fingerprint density at radius 1 is 1.20 bits per heavy atom. The zero-order valence-corrected chi connectivity index (χ0v) is 18.2. The van der Waals surface area contributed by atoms with Gasteiger partial charge in [-0.1, -0.05) is 19.1 Å². The Morgan fingerprint density at radius 2 is 1.93 bits per heavy atom. The third-order valence-electron chi connectivity index (χ3n) is 5.35. The standard InChI is InChI=1S/C21H25N5O3S/c1-4-17-22-19-20(30-17)14(2)23-26(21(19)28)13-18(27)25-11-9-24(10-12-25)15-7-5-6-8-16(15)29-3/h5-8H,4,9-13H2,1-3H3. The van der Waals surface area contributed by atoms with Crippen molar-refractivity contribution in [1.82, 2.24) is 19.7 Å². The van der Waals surface area contributed by atoms with E-state index in [0.29, 0.717) is 31.7 Å². The molecule has 0 spiro atoms. The Bertz CT molecular complexity index is 1130.